The third kappa shape index (κ3) is 3.87. The standard InChI is InChI=1S/C17H19N5O4S2/c23-15(18-12-3-4-13-14(10-12)20-17(24)19-13)11-21-5-7-22(8-6-21)28(25,26)16-2-1-9-27-16/h1-4,9-10H,5-8,11H2,(H,18,23)(H2,19,20,24). The third-order valence-corrected chi connectivity index (χ3v) is 7.86. The molecule has 2 aromatic heterocycles. The third-order valence-electron chi connectivity index (χ3n) is 4.59. The molecule has 4 rings (SSSR count). The van der Waals surface area contributed by atoms with E-state index in [0.29, 0.717) is 47.1 Å². The number of fused-ring (bicyclic) bond motifs is 1. The van der Waals surface area contributed by atoms with Gasteiger partial charge in [-0.15, -0.1) is 11.3 Å². The Kier molecular flexibility index (Phi) is 5.06. The van der Waals surface area contributed by atoms with E-state index in [1.165, 1.54) is 15.6 Å². The van der Waals surface area contributed by atoms with Crippen LogP contribution in [0.3, 0.4) is 0 Å². The molecule has 0 atom stereocenters. The highest BCUT2D eigenvalue weighted by molar-refractivity contribution is 7.91. The highest BCUT2D eigenvalue weighted by atomic mass is 32.2. The molecule has 0 aliphatic carbocycles. The molecular weight excluding hydrogens is 402 g/mol. The van der Waals surface area contributed by atoms with Gasteiger partial charge in [0.25, 0.3) is 10.0 Å². The zero-order valence-corrected chi connectivity index (χ0v) is 16.5. The number of aromatic amines is 2. The van der Waals surface area contributed by atoms with Crippen LogP contribution in [0, 0.1) is 0 Å². The molecule has 28 heavy (non-hydrogen) atoms. The first-order chi connectivity index (χ1) is 13.4. The van der Waals surface area contributed by atoms with Crippen LogP contribution in [0.2, 0.25) is 0 Å². The number of carbonyl (C=O) groups excluding carboxylic acids is 1. The number of benzene rings is 1. The molecule has 148 valence electrons. The van der Waals surface area contributed by atoms with E-state index >= 15 is 0 Å². The second-order valence-electron chi connectivity index (χ2n) is 6.50. The fraction of sp³-hybridized carbons (Fsp3) is 0.294. The van der Waals surface area contributed by atoms with Crippen molar-refractivity contribution in [3.05, 3.63) is 46.2 Å². The maximum atomic E-state index is 12.5. The summed E-state index contributed by atoms with van der Waals surface area (Å²) in [4.78, 5) is 30.8. The Morgan fingerprint density at radius 1 is 1.11 bits per heavy atom. The first-order valence-electron chi connectivity index (χ1n) is 8.70. The van der Waals surface area contributed by atoms with E-state index in [1.54, 1.807) is 35.7 Å². The smallest absolute Gasteiger partial charge is 0.323 e. The molecule has 3 heterocycles. The lowest BCUT2D eigenvalue weighted by Gasteiger charge is -2.33. The predicted molar refractivity (Wildman–Crippen MR) is 107 cm³/mol. The Morgan fingerprint density at radius 2 is 1.86 bits per heavy atom. The zero-order valence-electron chi connectivity index (χ0n) is 14.8. The van der Waals surface area contributed by atoms with Crippen LogP contribution in [-0.4, -0.2) is 66.2 Å². The molecular formula is C17H19N5O4S2. The molecule has 0 bridgehead atoms. The van der Waals surface area contributed by atoms with Crippen LogP contribution < -0.4 is 11.0 Å². The number of sulfonamides is 1. The number of H-pyrrole nitrogens is 2. The molecule has 11 heteroatoms. The number of hydrogen-bond acceptors (Lipinski definition) is 6. The van der Waals surface area contributed by atoms with E-state index < -0.39 is 10.0 Å². The Hall–Kier alpha value is -2.47. The first-order valence-corrected chi connectivity index (χ1v) is 11.0. The van der Waals surface area contributed by atoms with Crippen LogP contribution in [0.5, 0.6) is 0 Å². The minimum atomic E-state index is -3.45. The lowest BCUT2D eigenvalue weighted by molar-refractivity contribution is -0.117. The van der Waals surface area contributed by atoms with Crippen LogP contribution in [0.15, 0.2) is 44.7 Å². The van der Waals surface area contributed by atoms with Crippen LogP contribution >= 0.6 is 11.3 Å². The summed E-state index contributed by atoms with van der Waals surface area (Å²) < 4.78 is 26.9. The molecule has 0 radical (unpaired) electrons. The van der Waals surface area contributed by atoms with E-state index in [0.717, 1.165) is 0 Å². The van der Waals surface area contributed by atoms with Crippen LogP contribution in [0.4, 0.5) is 5.69 Å². The highest BCUT2D eigenvalue weighted by Crippen LogP contribution is 2.22. The summed E-state index contributed by atoms with van der Waals surface area (Å²) in [5, 5.41) is 4.55. The van der Waals surface area contributed by atoms with Crippen LogP contribution in [0.1, 0.15) is 0 Å². The van der Waals surface area contributed by atoms with E-state index in [-0.39, 0.29) is 18.1 Å². The first kappa shape index (κ1) is 18.9. The zero-order chi connectivity index (χ0) is 19.7. The second kappa shape index (κ2) is 7.51. The van der Waals surface area contributed by atoms with E-state index in [4.69, 9.17) is 0 Å². The summed E-state index contributed by atoms with van der Waals surface area (Å²) >= 11 is 1.21. The van der Waals surface area contributed by atoms with Gasteiger partial charge in [0.2, 0.25) is 5.91 Å². The van der Waals surface area contributed by atoms with Gasteiger partial charge in [-0.1, -0.05) is 6.07 Å². The maximum absolute atomic E-state index is 12.5. The minimum absolute atomic E-state index is 0.175. The summed E-state index contributed by atoms with van der Waals surface area (Å²) in [6, 6.07) is 8.45. The quantitative estimate of drug-likeness (QED) is 0.565. The molecule has 1 fully saturated rings. The van der Waals surface area contributed by atoms with Crippen LogP contribution in [0.25, 0.3) is 11.0 Å². The van der Waals surface area contributed by atoms with Crippen molar-refractivity contribution >= 4 is 44.0 Å². The number of carbonyl (C=O) groups is 1. The number of hydrogen-bond donors (Lipinski definition) is 3. The molecule has 0 saturated carbocycles. The summed E-state index contributed by atoms with van der Waals surface area (Å²) in [6.45, 7) is 1.85. The minimum Gasteiger partial charge on any atom is -0.325 e. The number of imidazole rings is 1. The predicted octanol–water partition coefficient (Wildman–Crippen LogP) is 0.863. The Bertz CT molecular complexity index is 1140. The monoisotopic (exact) mass is 421 g/mol. The average molecular weight is 422 g/mol. The number of amides is 1. The average Bonchev–Trinajstić information content (AvgIpc) is 3.31. The van der Waals surface area contributed by atoms with Crippen molar-refractivity contribution in [2.75, 3.05) is 38.0 Å². The van der Waals surface area contributed by atoms with Gasteiger partial charge in [0.1, 0.15) is 4.21 Å². The molecule has 1 amide bonds. The molecule has 1 aliphatic heterocycles. The second-order valence-corrected chi connectivity index (χ2v) is 9.61. The van der Waals surface area contributed by atoms with Crippen molar-refractivity contribution in [3.8, 4) is 0 Å². The lowest BCUT2D eigenvalue weighted by Crippen LogP contribution is -2.50. The van der Waals surface area contributed by atoms with Gasteiger partial charge >= 0.3 is 5.69 Å². The molecule has 9 nitrogen and oxygen atoms in total. The van der Waals surface area contributed by atoms with Gasteiger partial charge in [0.05, 0.1) is 17.6 Å². The number of aromatic nitrogens is 2. The van der Waals surface area contributed by atoms with Crippen molar-refractivity contribution in [1.82, 2.24) is 19.2 Å². The highest BCUT2D eigenvalue weighted by Gasteiger charge is 2.29. The lowest BCUT2D eigenvalue weighted by atomic mass is 10.2. The van der Waals surface area contributed by atoms with Crippen molar-refractivity contribution in [2.24, 2.45) is 0 Å². The number of thiophene rings is 1. The fourth-order valence-corrected chi connectivity index (χ4v) is 5.75. The van der Waals surface area contributed by atoms with Gasteiger partial charge in [0, 0.05) is 31.9 Å². The number of piperazine rings is 1. The SMILES string of the molecule is O=C(CN1CCN(S(=O)(=O)c2cccs2)CC1)Nc1ccc2[nH]c(=O)[nH]c2c1. The van der Waals surface area contributed by atoms with E-state index in [9.17, 15) is 18.0 Å². The van der Waals surface area contributed by atoms with Gasteiger partial charge in [-0.05, 0) is 29.6 Å². The molecule has 1 saturated heterocycles. The number of nitrogens with one attached hydrogen (secondary N) is 3. The largest absolute Gasteiger partial charge is 0.325 e. The number of anilines is 1. The summed E-state index contributed by atoms with van der Waals surface area (Å²) in [5.41, 5.74) is 1.58. The van der Waals surface area contributed by atoms with Gasteiger partial charge in [-0.2, -0.15) is 4.31 Å². The number of rotatable bonds is 5. The molecule has 3 N–H and O–H groups in total. The molecule has 0 unspecified atom stereocenters. The Balaban J connectivity index is 1.32. The van der Waals surface area contributed by atoms with Crippen molar-refractivity contribution < 1.29 is 13.2 Å². The van der Waals surface area contributed by atoms with E-state index in [2.05, 4.69) is 15.3 Å². The van der Waals surface area contributed by atoms with Crippen LogP contribution in [-0.2, 0) is 14.8 Å². The Morgan fingerprint density at radius 3 is 2.57 bits per heavy atom. The van der Waals surface area contributed by atoms with Gasteiger partial charge in [-0.25, -0.2) is 13.2 Å². The fourth-order valence-electron chi connectivity index (χ4n) is 3.18. The van der Waals surface area contributed by atoms with Crippen molar-refractivity contribution in [3.63, 3.8) is 0 Å². The van der Waals surface area contributed by atoms with Gasteiger partial charge in [0.15, 0.2) is 0 Å². The van der Waals surface area contributed by atoms with Crippen molar-refractivity contribution in [1.29, 1.82) is 0 Å². The van der Waals surface area contributed by atoms with Crippen molar-refractivity contribution in [2.45, 2.75) is 4.21 Å². The summed E-state index contributed by atoms with van der Waals surface area (Å²) in [6.07, 6.45) is 0. The molecule has 3 aromatic rings. The molecule has 0 spiro atoms. The Labute approximate surface area is 165 Å². The molecule has 1 aliphatic rings. The van der Waals surface area contributed by atoms with Gasteiger partial charge in [-0.3, -0.25) is 9.69 Å². The summed E-state index contributed by atoms with van der Waals surface area (Å²) in [5.74, 6) is -0.188. The maximum Gasteiger partial charge on any atom is 0.323 e. The summed E-state index contributed by atoms with van der Waals surface area (Å²) in [7, 11) is -3.45. The molecule has 1 aromatic carbocycles. The van der Waals surface area contributed by atoms with E-state index in [1.807, 2.05) is 4.90 Å². The normalized spacial score (nSPS) is 16.4. The number of nitrogens with zero attached hydrogens (tertiary/aromatic N) is 2. The topological polar surface area (TPSA) is 118 Å². The van der Waals surface area contributed by atoms with Gasteiger partial charge < -0.3 is 15.3 Å².